The molecule has 1 N–H and O–H groups in total. The van der Waals surface area contributed by atoms with Crippen LogP contribution < -0.4 is 4.74 Å². The molecular formula is C29H33N3O5S. The summed E-state index contributed by atoms with van der Waals surface area (Å²) >= 11 is 0. The van der Waals surface area contributed by atoms with Gasteiger partial charge in [0.1, 0.15) is 11.9 Å². The van der Waals surface area contributed by atoms with Gasteiger partial charge < -0.3 is 19.2 Å². The Labute approximate surface area is 223 Å². The highest BCUT2D eigenvalue weighted by atomic mass is 32.3. The third kappa shape index (κ3) is 3.98. The number of H-pyrrole nitrogens is 1. The zero-order valence-corrected chi connectivity index (χ0v) is 22.9. The lowest BCUT2D eigenvalue weighted by atomic mass is 9.71. The first-order valence-electron chi connectivity index (χ1n) is 13.2. The van der Waals surface area contributed by atoms with E-state index in [-0.39, 0.29) is 11.9 Å². The Morgan fingerprint density at radius 1 is 1.11 bits per heavy atom. The van der Waals surface area contributed by atoms with Crippen LogP contribution in [0.25, 0.3) is 10.9 Å². The minimum absolute atomic E-state index is 0.0410. The lowest BCUT2D eigenvalue weighted by Gasteiger charge is -2.39. The fourth-order valence-electron chi connectivity index (χ4n) is 5.99. The number of rotatable bonds is 4. The lowest BCUT2D eigenvalue weighted by molar-refractivity contribution is 0.0242. The number of aromatic amines is 1. The molecule has 9 heteroatoms. The van der Waals surface area contributed by atoms with Gasteiger partial charge in [0.15, 0.2) is 5.78 Å². The van der Waals surface area contributed by atoms with Gasteiger partial charge >= 0.3 is 0 Å². The summed E-state index contributed by atoms with van der Waals surface area (Å²) in [6, 6.07) is 11.3. The minimum Gasteiger partial charge on any atom is -0.489 e. The van der Waals surface area contributed by atoms with Crippen LogP contribution in [0, 0.1) is 11.3 Å². The molecule has 0 saturated carbocycles. The number of carbonyl (C=O) groups is 1. The van der Waals surface area contributed by atoms with Crippen molar-refractivity contribution in [3.63, 3.8) is 0 Å². The highest BCUT2D eigenvalue weighted by Crippen LogP contribution is 2.47. The third-order valence-electron chi connectivity index (χ3n) is 8.23. The van der Waals surface area contributed by atoms with Crippen molar-refractivity contribution in [2.45, 2.75) is 43.1 Å². The normalized spacial score (nSPS) is 20.5. The monoisotopic (exact) mass is 535 g/mol. The van der Waals surface area contributed by atoms with Crippen molar-refractivity contribution < 1.29 is 23.2 Å². The second-order valence-corrected chi connectivity index (χ2v) is 13.7. The molecular weight excluding hydrogens is 502 g/mol. The minimum atomic E-state index is -3.07. The van der Waals surface area contributed by atoms with Gasteiger partial charge in [-0.3, -0.25) is 9.00 Å². The molecule has 0 atom stereocenters. The number of ketones is 1. The van der Waals surface area contributed by atoms with Gasteiger partial charge in [0.25, 0.3) is 0 Å². The van der Waals surface area contributed by atoms with Crippen LogP contribution in [-0.4, -0.2) is 71.2 Å². The first kappa shape index (κ1) is 25.3. The van der Waals surface area contributed by atoms with E-state index in [0.717, 1.165) is 35.0 Å². The molecule has 2 fully saturated rings. The van der Waals surface area contributed by atoms with Crippen molar-refractivity contribution in [2.75, 3.05) is 45.8 Å². The number of hydrogen-bond acceptors (Lipinski definition) is 6. The molecule has 8 nitrogen and oxygen atoms in total. The molecule has 3 aliphatic rings. The van der Waals surface area contributed by atoms with Gasteiger partial charge in [0.05, 0.1) is 48.5 Å². The summed E-state index contributed by atoms with van der Waals surface area (Å²) in [7, 11) is -3.07. The lowest BCUT2D eigenvalue weighted by Crippen LogP contribution is -2.44. The molecule has 3 aromatic rings. The zero-order chi connectivity index (χ0) is 26.7. The Hall–Kier alpha value is -3.03. The molecule has 0 radical (unpaired) electrons. The number of nitrogens with one attached hydrogen (secondary N) is 1. The van der Waals surface area contributed by atoms with Crippen molar-refractivity contribution in [1.82, 2.24) is 9.29 Å². The second kappa shape index (κ2) is 9.31. The summed E-state index contributed by atoms with van der Waals surface area (Å²) in [5, 5.41) is 10.2. The Kier molecular flexibility index (Phi) is 6.19. The summed E-state index contributed by atoms with van der Waals surface area (Å²) in [5.74, 6) is 0.478. The van der Waals surface area contributed by atoms with Crippen molar-refractivity contribution in [1.29, 1.82) is 5.26 Å². The fourth-order valence-corrected chi connectivity index (χ4v) is 8.12. The van der Waals surface area contributed by atoms with E-state index in [0.29, 0.717) is 66.9 Å². The van der Waals surface area contributed by atoms with Crippen LogP contribution in [0.2, 0.25) is 0 Å². The first-order valence-corrected chi connectivity index (χ1v) is 15.3. The molecule has 0 bridgehead atoms. The smallest absolute Gasteiger partial charge is 0.195 e. The Bertz CT molecular complexity index is 1520. The molecule has 0 amide bonds. The van der Waals surface area contributed by atoms with E-state index >= 15 is 0 Å². The van der Waals surface area contributed by atoms with Crippen LogP contribution in [0.1, 0.15) is 59.4 Å². The van der Waals surface area contributed by atoms with E-state index in [9.17, 15) is 14.3 Å². The highest BCUT2D eigenvalue weighted by molar-refractivity contribution is 8.00. The van der Waals surface area contributed by atoms with Gasteiger partial charge in [-0.2, -0.15) is 5.26 Å². The maximum atomic E-state index is 14.5. The van der Waals surface area contributed by atoms with Gasteiger partial charge in [0, 0.05) is 59.8 Å². The van der Waals surface area contributed by atoms with Crippen molar-refractivity contribution in [2.24, 2.45) is 0 Å². The number of benzene rings is 2. The summed E-state index contributed by atoms with van der Waals surface area (Å²) in [6.45, 7) is 7.61. The van der Waals surface area contributed by atoms with Crippen LogP contribution in [-0.2, 0) is 25.0 Å². The molecule has 2 aliphatic heterocycles. The van der Waals surface area contributed by atoms with Crippen LogP contribution in [0.15, 0.2) is 35.2 Å². The average molecular weight is 536 g/mol. The number of nitriles is 1. The predicted molar refractivity (Wildman–Crippen MR) is 146 cm³/mol. The van der Waals surface area contributed by atoms with Gasteiger partial charge in [0.2, 0.25) is 0 Å². The molecule has 6 rings (SSSR count). The highest BCUT2D eigenvalue weighted by Gasteiger charge is 2.42. The average Bonchev–Trinajstić information content (AvgIpc) is 3.33. The van der Waals surface area contributed by atoms with E-state index in [4.69, 9.17) is 14.2 Å². The summed E-state index contributed by atoms with van der Waals surface area (Å²) < 4.78 is 34.1. The Morgan fingerprint density at radius 3 is 2.53 bits per heavy atom. The molecule has 200 valence electrons. The number of carbonyl (C=O) groups excluding carboxylic acids is 1. The SMILES string of the molecule is CC1(C)c2cc(OC3CCOCC3)c([SH](C)(=O)N3CCOCC3)cc2C(=O)c2c1[nH]c1cc(C#N)ccc21. The van der Waals surface area contributed by atoms with Crippen LogP contribution in [0.4, 0.5) is 0 Å². The number of ether oxygens (including phenoxy) is 3. The molecule has 2 saturated heterocycles. The number of thiol groups is 1. The summed E-state index contributed by atoms with van der Waals surface area (Å²) in [4.78, 5) is 18.1. The van der Waals surface area contributed by atoms with Gasteiger partial charge in [-0.05, 0) is 39.9 Å². The standard InChI is InChI=1S/C29H33N3O5S/c1-29(2)22-16-24(37-19-6-10-35-11-7-19)25(38(3,34)32-8-12-36-13-9-32)15-21(22)27(33)26-20-5-4-18(17-30)14-23(20)31-28(26)29/h4-5,14-16,19,31,38H,6-13H2,1-3H3. The maximum Gasteiger partial charge on any atom is 0.195 e. The number of aromatic nitrogens is 1. The first-order chi connectivity index (χ1) is 18.2. The Balaban J connectivity index is 1.53. The molecule has 0 spiro atoms. The largest absolute Gasteiger partial charge is 0.489 e. The molecule has 0 unspecified atom stereocenters. The van der Waals surface area contributed by atoms with E-state index in [1.165, 1.54) is 0 Å². The summed E-state index contributed by atoms with van der Waals surface area (Å²) in [6.07, 6.45) is 3.26. The van der Waals surface area contributed by atoms with Crippen molar-refractivity contribution in [3.05, 3.63) is 58.3 Å². The predicted octanol–water partition coefficient (Wildman–Crippen LogP) is 3.72. The number of morpholine rings is 1. The van der Waals surface area contributed by atoms with Crippen molar-refractivity contribution in [3.8, 4) is 11.8 Å². The number of hydrogen-bond donors (Lipinski definition) is 2. The third-order valence-corrected chi connectivity index (χ3v) is 11.0. The maximum absolute atomic E-state index is 14.5. The van der Waals surface area contributed by atoms with Crippen LogP contribution in [0.3, 0.4) is 0 Å². The zero-order valence-electron chi connectivity index (χ0n) is 22.0. The quantitative estimate of drug-likeness (QED) is 0.494. The van der Waals surface area contributed by atoms with Crippen molar-refractivity contribution >= 4 is 26.8 Å². The molecule has 1 aromatic heterocycles. The fraction of sp³-hybridized carbons (Fsp3) is 0.448. The van der Waals surface area contributed by atoms with Crippen LogP contribution in [0.5, 0.6) is 5.75 Å². The van der Waals surface area contributed by atoms with E-state index in [1.807, 2.05) is 22.5 Å². The van der Waals surface area contributed by atoms with E-state index in [2.05, 4.69) is 24.9 Å². The van der Waals surface area contributed by atoms with E-state index in [1.54, 1.807) is 18.4 Å². The topological polar surface area (TPSA) is 105 Å². The number of fused-ring (bicyclic) bond motifs is 4. The van der Waals surface area contributed by atoms with Crippen LogP contribution >= 0.6 is 0 Å². The summed E-state index contributed by atoms with van der Waals surface area (Å²) in [5.41, 5.74) is 3.57. The second-order valence-electron chi connectivity index (χ2n) is 10.9. The molecule has 1 aliphatic carbocycles. The van der Waals surface area contributed by atoms with Gasteiger partial charge in [-0.25, -0.2) is 4.31 Å². The van der Waals surface area contributed by atoms with E-state index < -0.39 is 15.5 Å². The molecule has 3 heterocycles. The molecule has 38 heavy (non-hydrogen) atoms. The Morgan fingerprint density at radius 2 is 1.82 bits per heavy atom. The molecule has 2 aromatic carbocycles. The van der Waals surface area contributed by atoms with Gasteiger partial charge in [-0.1, -0.05) is 19.9 Å². The number of nitrogens with zero attached hydrogens (tertiary/aromatic N) is 2. The van der Waals surface area contributed by atoms with Gasteiger partial charge in [-0.15, -0.1) is 0 Å².